The van der Waals surface area contributed by atoms with E-state index in [-0.39, 0.29) is 17.7 Å². The molecular weight excluding hydrogens is 348 g/mol. The summed E-state index contributed by atoms with van der Waals surface area (Å²) in [4.78, 5) is 29.3. The maximum atomic E-state index is 13.1. The lowest BCUT2D eigenvalue weighted by Crippen LogP contribution is -2.44. The zero-order chi connectivity index (χ0) is 19.8. The summed E-state index contributed by atoms with van der Waals surface area (Å²) in [6.45, 7) is 5.59. The number of hydrogen-bond acceptors (Lipinski definition) is 2. The van der Waals surface area contributed by atoms with Crippen molar-refractivity contribution < 1.29 is 9.59 Å². The summed E-state index contributed by atoms with van der Waals surface area (Å²) in [7, 11) is 0. The molecule has 0 atom stereocenters. The van der Waals surface area contributed by atoms with Gasteiger partial charge in [0.15, 0.2) is 0 Å². The van der Waals surface area contributed by atoms with Gasteiger partial charge in [0.1, 0.15) is 0 Å². The van der Waals surface area contributed by atoms with Gasteiger partial charge in [-0.3, -0.25) is 9.59 Å². The van der Waals surface area contributed by atoms with E-state index in [1.54, 1.807) is 11.0 Å². The van der Waals surface area contributed by atoms with Crippen LogP contribution >= 0.6 is 0 Å². The average Bonchev–Trinajstić information content (AvgIpc) is 2.77. The number of nitrogens with zero attached hydrogens (tertiary/aromatic N) is 2. The summed E-state index contributed by atoms with van der Waals surface area (Å²) >= 11 is 0. The number of hydrogen-bond donors (Lipinski definition) is 0. The Morgan fingerprint density at radius 1 is 1.00 bits per heavy atom. The van der Waals surface area contributed by atoms with Gasteiger partial charge in [0.25, 0.3) is 0 Å². The molecule has 3 rings (SSSR count). The summed E-state index contributed by atoms with van der Waals surface area (Å²) in [5.41, 5.74) is 2.08. The molecule has 1 fully saturated rings. The van der Waals surface area contributed by atoms with Crippen LogP contribution in [0.1, 0.15) is 24.8 Å². The number of carbonyl (C=O) groups excluding carboxylic acids is 2. The van der Waals surface area contributed by atoms with Gasteiger partial charge in [0, 0.05) is 37.7 Å². The minimum Gasteiger partial charge on any atom is -0.343 e. The zero-order valence-corrected chi connectivity index (χ0v) is 16.3. The summed E-state index contributed by atoms with van der Waals surface area (Å²) in [5.74, 6) is 0.265. The van der Waals surface area contributed by atoms with Gasteiger partial charge in [-0.1, -0.05) is 54.6 Å². The average molecular weight is 377 g/mol. The molecule has 28 heavy (non-hydrogen) atoms. The van der Waals surface area contributed by atoms with Crippen molar-refractivity contribution in [1.29, 1.82) is 0 Å². The Hall–Kier alpha value is -2.88. The predicted molar refractivity (Wildman–Crippen MR) is 113 cm³/mol. The first kappa shape index (κ1) is 19.9. The van der Waals surface area contributed by atoms with Crippen LogP contribution in [0.5, 0.6) is 0 Å². The molecular formula is C24H28N2O2. The maximum absolute atomic E-state index is 13.1. The smallest absolute Gasteiger partial charge is 0.230 e. The number of aryl methyl sites for hydroxylation is 1. The van der Waals surface area contributed by atoms with E-state index in [1.165, 1.54) is 5.56 Å². The molecule has 0 saturated carbocycles. The highest BCUT2D eigenvalue weighted by Gasteiger charge is 2.30. The molecule has 4 heteroatoms. The van der Waals surface area contributed by atoms with E-state index in [2.05, 4.69) is 18.7 Å². The van der Waals surface area contributed by atoms with E-state index in [4.69, 9.17) is 0 Å². The zero-order valence-electron chi connectivity index (χ0n) is 16.3. The third-order valence-corrected chi connectivity index (χ3v) is 5.31. The first-order valence-corrected chi connectivity index (χ1v) is 9.98. The Bertz CT molecular complexity index is 781. The van der Waals surface area contributed by atoms with Crippen LogP contribution in [0, 0.1) is 5.92 Å². The minimum atomic E-state index is -0.0432. The van der Waals surface area contributed by atoms with Crippen molar-refractivity contribution in [1.82, 2.24) is 4.90 Å². The van der Waals surface area contributed by atoms with Gasteiger partial charge in [0.2, 0.25) is 11.8 Å². The first-order valence-electron chi connectivity index (χ1n) is 9.98. The minimum absolute atomic E-state index is 0.0432. The number of carbonyl (C=O) groups is 2. The lowest BCUT2D eigenvalue weighted by Gasteiger charge is -2.34. The largest absolute Gasteiger partial charge is 0.343 e. The summed E-state index contributed by atoms with van der Waals surface area (Å²) in [5, 5.41) is 0. The topological polar surface area (TPSA) is 40.6 Å². The van der Waals surface area contributed by atoms with Gasteiger partial charge in [-0.2, -0.15) is 0 Å². The third-order valence-electron chi connectivity index (χ3n) is 5.31. The molecule has 0 radical (unpaired) electrons. The lowest BCUT2D eigenvalue weighted by atomic mass is 9.94. The van der Waals surface area contributed by atoms with Crippen molar-refractivity contribution in [2.24, 2.45) is 5.92 Å². The van der Waals surface area contributed by atoms with E-state index >= 15 is 0 Å². The molecule has 0 N–H and O–H groups in total. The molecule has 0 aliphatic carbocycles. The summed E-state index contributed by atoms with van der Waals surface area (Å²) in [6.07, 6.45) is 4.48. The number of anilines is 1. The Kier molecular flexibility index (Phi) is 7.01. The fourth-order valence-corrected chi connectivity index (χ4v) is 3.71. The van der Waals surface area contributed by atoms with Crippen LogP contribution in [0.25, 0.3) is 0 Å². The molecule has 2 aromatic rings. The number of likely N-dealkylation sites (tertiary alicyclic amines) is 1. The van der Waals surface area contributed by atoms with Gasteiger partial charge >= 0.3 is 0 Å². The molecule has 4 nitrogen and oxygen atoms in total. The van der Waals surface area contributed by atoms with E-state index in [0.29, 0.717) is 26.1 Å². The standard InChI is InChI=1S/C24H28N2O2/c1-2-17-26(22-11-7-4-8-12-22)24(28)21-15-18-25(19-16-21)23(27)14-13-20-9-5-3-6-10-20/h2-12,21H,1,13-19H2. The number of benzene rings is 2. The van der Waals surface area contributed by atoms with Gasteiger partial charge in [0.05, 0.1) is 0 Å². The molecule has 0 unspecified atom stereocenters. The van der Waals surface area contributed by atoms with Gasteiger partial charge in [-0.15, -0.1) is 6.58 Å². The fraction of sp³-hybridized carbons (Fsp3) is 0.333. The van der Waals surface area contributed by atoms with E-state index in [9.17, 15) is 9.59 Å². The van der Waals surface area contributed by atoms with Crippen LogP contribution in [0.3, 0.4) is 0 Å². The molecule has 0 bridgehead atoms. The van der Waals surface area contributed by atoms with Crippen LogP contribution < -0.4 is 4.90 Å². The van der Waals surface area contributed by atoms with Crippen LogP contribution in [0.4, 0.5) is 5.69 Å². The Balaban J connectivity index is 1.53. The molecule has 2 aromatic carbocycles. The Morgan fingerprint density at radius 2 is 1.61 bits per heavy atom. The van der Waals surface area contributed by atoms with Crippen LogP contribution in [-0.4, -0.2) is 36.3 Å². The highest BCUT2D eigenvalue weighted by Crippen LogP contribution is 2.24. The van der Waals surface area contributed by atoms with E-state index in [1.807, 2.05) is 53.4 Å². The molecule has 2 amide bonds. The van der Waals surface area contributed by atoms with Crippen molar-refractivity contribution in [3.05, 3.63) is 78.9 Å². The quantitative estimate of drug-likeness (QED) is 0.683. The number of piperidine rings is 1. The van der Waals surface area contributed by atoms with E-state index in [0.717, 1.165) is 24.9 Å². The second-order valence-corrected chi connectivity index (χ2v) is 7.21. The molecule has 1 heterocycles. The number of para-hydroxylation sites is 1. The fourth-order valence-electron chi connectivity index (χ4n) is 3.71. The number of rotatable bonds is 7. The van der Waals surface area contributed by atoms with Crippen molar-refractivity contribution >= 4 is 17.5 Å². The first-order chi connectivity index (χ1) is 13.7. The lowest BCUT2D eigenvalue weighted by molar-refractivity contribution is -0.134. The predicted octanol–water partition coefficient (Wildman–Crippen LogP) is 4.08. The van der Waals surface area contributed by atoms with Crippen LogP contribution in [0.2, 0.25) is 0 Å². The number of amides is 2. The third kappa shape index (κ3) is 5.10. The van der Waals surface area contributed by atoms with Gasteiger partial charge in [-0.25, -0.2) is 0 Å². The maximum Gasteiger partial charge on any atom is 0.230 e. The van der Waals surface area contributed by atoms with Crippen LogP contribution in [-0.2, 0) is 16.0 Å². The van der Waals surface area contributed by atoms with Gasteiger partial charge < -0.3 is 9.80 Å². The SMILES string of the molecule is C=CCN(C(=O)C1CCN(C(=O)CCc2ccccc2)CC1)c1ccccc1. The van der Waals surface area contributed by atoms with Crippen molar-refractivity contribution in [2.75, 3.05) is 24.5 Å². The van der Waals surface area contributed by atoms with E-state index < -0.39 is 0 Å². The van der Waals surface area contributed by atoms with Gasteiger partial charge in [-0.05, 0) is 37.0 Å². The molecule has 0 spiro atoms. The molecule has 146 valence electrons. The molecule has 0 aromatic heterocycles. The molecule has 1 aliphatic rings. The Labute approximate surface area is 167 Å². The van der Waals surface area contributed by atoms with Crippen molar-refractivity contribution in [3.63, 3.8) is 0 Å². The highest BCUT2D eigenvalue weighted by molar-refractivity contribution is 5.95. The molecule has 1 aliphatic heterocycles. The summed E-state index contributed by atoms with van der Waals surface area (Å²) in [6, 6.07) is 19.8. The molecule has 1 saturated heterocycles. The second kappa shape index (κ2) is 9.88. The Morgan fingerprint density at radius 3 is 2.21 bits per heavy atom. The normalized spacial score (nSPS) is 14.5. The van der Waals surface area contributed by atoms with Crippen molar-refractivity contribution in [3.8, 4) is 0 Å². The second-order valence-electron chi connectivity index (χ2n) is 7.21. The van der Waals surface area contributed by atoms with Crippen LogP contribution in [0.15, 0.2) is 73.3 Å². The monoisotopic (exact) mass is 376 g/mol. The summed E-state index contributed by atoms with van der Waals surface area (Å²) < 4.78 is 0. The highest BCUT2D eigenvalue weighted by atomic mass is 16.2. The van der Waals surface area contributed by atoms with Crippen molar-refractivity contribution in [2.45, 2.75) is 25.7 Å².